The molecule has 5 aromatic rings. The fourth-order valence-electron chi connectivity index (χ4n) is 5.12. The van der Waals surface area contributed by atoms with Crippen molar-refractivity contribution in [2.24, 2.45) is 0 Å². The second kappa shape index (κ2) is 11.3. The summed E-state index contributed by atoms with van der Waals surface area (Å²) in [5, 5.41) is 40.1. The topological polar surface area (TPSA) is 99.4 Å². The van der Waals surface area contributed by atoms with Crippen molar-refractivity contribution in [1.82, 2.24) is 0 Å². The first-order valence-electron chi connectivity index (χ1n) is 12.8. The second-order valence-corrected chi connectivity index (χ2v) is 9.58. The van der Waals surface area contributed by atoms with Crippen LogP contribution in [0.2, 0.25) is 0 Å². The molecule has 40 heavy (non-hydrogen) atoms. The Morgan fingerprint density at radius 3 is 0.975 bits per heavy atom. The van der Waals surface area contributed by atoms with Crippen LogP contribution in [0.15, 0.2) is 109 Å². The fraction of sp³-hybridized carbons (Fsp3) is 0.118. The number of hydrogen-bond donors (Lipinski definition) is 4. The van der Waals surface area contributed by atoms with Crippen molar-refractivity contribution in [2.45, 2.75) is 11.8 Å². The average molecular weight is 535 g/mol. The number of aromatic hydroxyl groups is 4. The Kier molecular flexibility index (Phi) is 7.51. The molecule has 0 aromatic heterocycles. The van der Waals surface area contributed by atoms with Gasteiger partial charge in [-0.2, -0.15) is 0 Å². The van der Waals surface area contributed by atoms with Gasteiger partial charge in [-0.1, -0.05) is 60.7 Å². The Labute approximate surface area is 233 Å². The van der Waals surface area contributed by atoms with Gasteiger partial charge in [-0.05, 0) is 81.9 Å². The van der Waals surface area contributed by atoms with Crippen molar-refractivity contribution >= 4 is 0 Å². The van der Waals surface area contributed by atoms with Crippen LogP contribution in [0.5, 0.6) is 34.5 Å². The summed E-state index contributed by atoms with van der Waals surface area (Å²) in [5.74, 6) is 0.872. The Bertz CT molecular complexity index is 1470. The van der Waals surface area contributed by atoms with Crippen molar-refractivity contribution in [2.75, 3.05) is 14.2 Å². The molecule has 6 nitrogen and oxygen atoms in total. The summed E-state index contributed by atoms with van der Waals surface area (Å²) >= 11 is 0. The highest BCUT2D eigenvalue weighted by atomic mass is 16.5. The van der Waals surface area contributed by atoms with Crippen molar-refractivity contribution < 1.29 is 29.9 Å². The summed E-state index contributed by atoms with van der Waals surface area (Å²) in [6.07, 6.45) is 0. The van der Waals surface area contributed by atoms with Gasteiger partial charge in [0.25, 0.3) is 0 Å². The quantitative estimate of drug-likeness (QED) is 0.162. The van der Waals surface area contributed by atoms with Crippen molar-refractivity contribution in [3.8, 4) is 34.5 Å². The molecule has 2 unspecified atom stereocenters. The highest BCUT2D eigenvalue weighted by molar-refractivity contribution is 5.53. The molecule has 0 bridgehead atoms. The normalized spacial score (nSPS) is 12.4. The van der Waals surface area contributed by atoms with E-state index in [0.717, 1.165) is 33.4 Å². The number of benzene rings is 5. The van der Waals surface area contributed by atoms with Gasteiger partial charge in [-0.15, -0.1) is 0 Å². The predicted octanol–water partition coefficient (Wildman–Crippen LogP) is 6.89. The van der Waals surface area contributed by atoms with Crippen molar-refractivity contribution in [1.29, 1.82) is 0 Å². The highest BCUT2D eigenvalue weighted by Crippen LogP contribution is 2.40. The zero-order valence-corrected chi connectivity index (χ0v) is 22.2. The zero-order chi connectivity index (χ0) is 28.2. The highest BCUT2D eigenvalue weighted by Gasteiger charge is 2.22. The van der Waals surface area contributed by atoms with Crippen LogP contribution in [-0.4, -0.2) is 34.6 Å². The smallest absolute Gasteiger partial charge is 0.160 e. The van der Waals surface area contributed by atoms with Crippen LogP contribution in [0, 0.1) is 0 Å². The maximum absolute atomic E-state index is 10.2. The fourth-order valence-corrected chi connectivity index (χ4v) is 5.12. The van der Waals surface area contributed by atoms with E-state index in [0.29, 0.717) is 11.5 Å². The Hall–Kier alpha value is -5.10. The number of phenols is 4. The summed E-state index contributed by atoms with van der Waals surface area (Å²) in [4.78, 5) is 0. The Morgan fingerprint density at radius 1 is 0.400 bits per heavy atom. The third-order valence-corrected chi connectivity index (χ3v) is 7.13. The summed E-state index contributed by atoms with van der Waals surface area (Å²) in [6, 6.07) is 33.1. The van der Waals surface area contributed by atoms with E-state index in [1.807, 2.05) is 48.5 Å². The van der Waals surface area contributed by atoms with Crippen LogP contribution in [0.3, 0.4) is 0 Å². The molecule has 0 aliphatic heterocycles. The maximum atomic E-state index is 10.2. The van der Waals surface area contributed by atoms with Gasteiger partial charge in [-0.25, -0.2) is 0 Å². The van der Waals surface area contributed by atoms with E-state index in [-0.39, 0.29) is 34.8 Å². The van der Waals surface area contributed by atoms with Gasteiger partial charge in [-0.3, -0.25) is 0 Å². The van der Waals surface area contributed by atoms with Gasteiger partial charge >= 0.3 is 0 Å². The van der Waals surface area contributed by atoms with Crippen LogP contribution >= 0.6 is 0 Å². The van der Waals surface area contributed by atoms with Gasteiger partial charge in [0, 0.05) is 11.8 Å². The molecule has 0 amide bonds. The molecule has 0 radical (unpaired) electrons. The summed E-state index contributed by atoms with van der Waals surface area (Å²) in [6.45, 7) is 0. The lowest BCUT2D eigenvalue weighted by atomic mass is 9.81. The molecule has 0 heterocycles. The molecular weight excluding hydrogens is 504 g/mol. The number of ether oxygens (including phenoxy) is 2. The molecule has 0 fully saturated rings. The SMILES string of the molecule is COc1cc(C(c2ccc(O)cc2)c2ccc(C(c3ccc(O)cc3)c3ccc(O)c(OC)c3)cc2)ccc1O. The summed E-state index contributed by atoms with van der Waals surface area (Å²) in [7, 11) is 3.04. The van der Waals surface area contributed by atoms with Gasteiger partial charge in [0.15, 0.2) is 23.0 Å². The van der Waals surface area contributed by atoms with E-state index in [1.165, 1.54) is 14.2 Å². The largest absolute Gasteiger partial charge is 0.508 e. The third-order valence-electron chi connectivity index (χ3n) is 7.13. The Balaban J connectivity index is 1.61. The number of rotatable bonds is 8. The molecule has 0 saturated carbocycles. The Morgan fingerprint density at radius 2 is 0.675 bits per heavy atom. The van der Waals surface area contributed by atoms with E-state index in [2.05, 4.69) is 24.3 Å². The van der Waals surface area contributed by atoms with Gasteiger partial charge < -0.3 is 29.9 Å². The minimum Gasteiger partial charge on any atom is -0.508 e. The van der Waals surface area contributed by atoms with Crippen molar-refractivity contribution in [3.05, 3.63) is 143 Å². The van der Waals surface area contributed by atoms with Crippen LogP contribution in [0.4, 0.5) is 0 Å². The number of phenolic OH excluding ortho intramolecular Hbond substituents is 4. The van der Waals surface area contributed by atoms with E-state index < -0.39 is 0 Å². The second-order valence-electron chi connectivity index (χ2n) is 9.58. The van der Waals surface area contributed by atoms with E-state index in [9.17, 15) is 20.4 Å². The monoisotopic (exact) mass is 534 g/mol. The van der Waals surface area contributed by atoms with Gasteiger partial charge in [0.05, 0.1) is 14.2 Å². The lowest BCUT2D eigenvalue weighted by Gasteiger charge is -2.23. The minimum atomic E-state index is -0.190. The first-order chi connectivity index (χ1) is 19.4. The van der Waals surface area contributed by atoms with E-state index in [1.54, 1.807) is 36.4 Å². The molecule has 5 aromatic carbocycles. The maximum Gasteiger partial charge on any atom is 0.160 e. The minimum absolute atomic E-state index is 0.0621. The van der Waals surface area contributed by atoms with Crippen LogP contribution in [-0.2, 0) is 0 Å². The average Bonchev–Trinajstić information content (AvgIpc) is 2.97. The molecule has 202 valence electrons. The molecule has 0 aliphatic rings. The number of hydrogen-bond acceptors (Lipinski definition) is 6. The zero-order valence-electron chi connectivity index (χ0n) is 22.2. The van der Waals surface area contributed by atoms with Crippen molar-refractivity contribution in [3.63, 3.8) is 0 Å². The van der Waals surface area contributed by atoms with E-state index >= 15 is 0 Å². The molecule has 4 N–H and O–H groups in total. The van der Waals surface area contributed by atoms with Crippen LogP contribution in [0.25, 0.3) is 0 Å². The molecule has 5 rings (SSSR count). The molecule has 0 saturated heterocycles. The first-order valence-corrected chi connectivity index (χ1v) is 12.8. The molecule has 6 heteroatoms. The lowest BCUT2D eigenvalue weighted by molar-refractivity contribution is 0.373. The predicted molar refractivity (Wildman–Crippen MR) is 154 cm³/mol. The third kappa shape index (κ3) is 5.38. The van der Waals surface area contributed by atoms with Gasteiger partial charge in [0.2, 0.25) is 0 Å². The summed E-state index contributed by atoms with van der Waals surface area (Å²) < 4.78 is 10.8. The van der Waals surface area contributed by atoms with E-state index in [4.69, 9.17) is 9.47 Å². The van der Waals surface area contributed by atoms with Crippen LogP contribution < -0.4 is 9.47 Å². The standard InChI is InChI=1S/C34H30O6/c1-39-31-19-25(11-17-29(31)37)33(23-7-13-27(35)14-8-23)21-3-5-22(6-4-21)34(24-9-15-28(36)16-10-24)26-12-18-30(38)32(20-26)40-2/h3-20,33-38H,1-2H3. The number of methoxy groups -OCH3 is 2. The first kappa shape index (κ1) is 26.5. The molecule has 2 atom stereocenters. The lowest BCUT2D eigenvalue weighted by Crippen LogP contribution is -2.06. The molecular formula is C34H30O6. The molecule has 0 spiro atoms. The molecule has 0 aliphatic carbocycles. The van der Waals surface area contributed by atoms with Gasteiger partial charge in [0.1, 0.15) is 11.5 Å². The summed E-state index contributed by atoms with van der Waals surface area (Å²) in [5.41, 5.74) is 5.80. The van der Waals surface area contributed by atoms with Crippen LogP contribution in [0.1, 0.15) is 45.2 Å².